The fourth-order valence-corrected chi connectivity index (χ4v) is 8.67. The highest BCUT2D eigenvalue weighted by molar-refractivity contribution is 7.90. The maximum Gasteiger partial charge on any atom is 0.335 e. The first-order valence-electron chi connectivity index (χ1n) is 13.6. The molecule has 2 aliphatic carbocycles. The second-order valence-corrected chi connectivity index (χ2v) is 13.6. The van der Waals surface area contributed by atoms with Crippen LogP contribution in [0.15, 0.2) is 24.3 Å². The van der Waals surface area contributed by atoms with E-state index in [0.29, 0.717) is 0 Å². The number of rotatable bonds is 9. The zero-order valence-electron chi connectivity index (χ0n) is 22.1. The Kier molecular flexibility index (Phi) is 8.11. The van der Waals surface area contributed by atoms with E-state index in [0.717, 1.165) is 46.2 Å². The van der Waals surface area contributed by atoms with Crippen molar-refractivity contribution >= 4 is 38.8 Å². The van der Waals surface area contributed by atoms with Gasteiger partial charge in [0, 0.05) is 4.88 Å². The van der Waals surface area contributed by atoms with Gasteiger partial charge in [-0.25, -0.2) is 9.78 Å². The van der Waals surface area contributed by atoms with E-state index >= 15 is 0 Å². The lowest BCUT2D eigenvalue weighted by molar-refractivity contribution is 0.0696. The van der Waals surface area contributed by atoms with Crippen LogP contribution in [-0.4, -0.2) is 35.9 Å². The molecule has 2 N–H and O–H groups in total. The normalized spacial score (nSPS) is 24.1. The van der Waals surface area contributed by atoms with Crippen molar-refractivity contribution < 1.29 is 23.1 Å². The first-order chi connectivity index (χ1) is 18.3. The van der Waals surface area contributed by atoms with Crippen molar-refractivity contribution in [3.8, 4) is 5.75 Å². The lowest BCUT2D eigenvalue weighted by atomic mass is 9.71. The fourth-order valence-electron chi connectivity index (χ4n) is 6.27. The Labute approximate surface area is 229 Å². The molecule has 0 saturated heterocycles. The number of benzene rings is 1. The van der Waals surface area contributed by atoms with Gasteiger partial charge in [0.15, 0.2) is 0 Å². The highest BCUT2D eigenvalue weighted by Gasteiger charge is 2.34. The SMILES string of the molecule is CCC[C@H]1CC[C@H](C2CC=C(c3nc4c(s3)CN(S(=O)(=O)Nc3ccc(C(=O)O)cc3OC)C4)CC2)CC1. The average molecular weight is 560 g/mol. The summed E-state index contributed by atoms with van der Waals surface area (Å²) in [6.07, 6.45) is 14.1. The van der Waals surface area contributed by atoms with Gasteiger partial charge in [0.25, 0.3) is 0 Å². The zero-order chi connectivity index (χ0) is 26.9. The minimum atomic E-state index is -3.87. The number of nitrogens with one attached hydrogen (secondary N) is 1. The van der Waals surface area contributed by atoms with Crippen molar-refractivity contribution in [1.29, 1.82) is 0 Å². The predicted molar refractivity (Wildman–Crippen MR) is 150 cm³/mol. The first-order valence-corrected chi connectivity index (χ1v) is 15.9. The summed E-state index contributed by atoms with van der Waals surface area (Å²) in [5.74, 6) is 1.65. The molecule has 3 aliphatic rings. The molecule has 0 amide bonds. The summed E-state index contributed by atoms with van der Waals surface area (Å²) in [6, 6.07) is 4.05. The number of anilines is 1. The predicted octanol–water partition coefficient (Wildman–Crippen LogP) is 6.31. The van der Waals surface area contributed by atoms with Crippen molar-refractivity contribution in [2.24, 2.45) is 17.8 Å². The molecule has 1 unspecified atom stereocenters. The number of hydrogen-bond acceptors (Lipinski definition) is 6. The van der Waals surface area contributed by atoms with E-state index in [1.807, 2.05) is 0 Å². The van der Waals surface area contributed by atoms with Crippen LogP contribution in [0.1, 0.15) is 90.6 Å². The number of methoxy groups -OCH3 is 1. The van der Waals surface area contributed by atoms with Gasteiger partial charge in [-0.3, -0.25) is 4.72 Å². The standard InChI is InChI=1S/C28H37N3O5S2/c1-3-4-18-5-7-19(8-6-18)20-9-11-21(12-10-20)27-29-24-16-31(17-26(24)37-27)38(34,35)30-23-14-13-22(28(32)33)15-25(23)36-2/h11,13-15,18-20,30H,3-10,12,16-17H2,1-2H3,(H,32,33)/t18-,19-,20?. The van der Waals surface area contributed by atoms with Crippen LogP contribution in [0.25, 0.3) is 5.57 Å². The lowest BCUT2D eigenvalue weighted by Gasteiger charge is -2.35. The maximum absolute atomic E-state index is 13.1. The van der Waals surface area contributed by atoms with Crippen molar-refractivity contribution in [3.63, 3.8) is 0 Å². The number of fused-ring (bicyclic) bond motifs is 1. The van der Waals surface area contributed by atoms with Gasteiger partial charge < -0.3 is 9.84 Å². The Balaban J connectivity index is 1.19. The molecule has 5 rings (SSSR count). The molecule has 0 radical (unpaired) electrons. The number of aromatic carboxylic acids is 1. The van der Waals surface area contributed by atoms with Crippen LogP contribution in [0, 0.1) is 17.8 Å². The van der Waals surface area contributed by atoms with Crippen LogP contribution < -0.4 is 9.46 Å². The minimum absolute atomic E-state index is 0.0209. The number of carboxylic acid groups (broad SMARTS) is 1. The molecule has 10 heteroatoms. The van der Waals surface area contributed by atoms with Crippen molar-refractivity contribution in [1.82, 2.24) is 9.29 Å². The van der Waals surface area contributed by atoms with E-state index < -0.39 is 16.2 Å². The van der Waals surface area contributed by atoms with E-state index in [9.17, 15) is 18.3 Å². The van der Waals surface area contributed by atoms with Crippen LogP contribution in [0.2, 0.25) is 0 Å². The van der Waals surface area contributed by atoms with Gasteiger partial charge in [0.05, 0.1) is 37.1 Å². The summed E-state index contributed by atoms with van der Waals surface area (Å²) in [4.78, 5) is 17.0. The molecule has 1 aromatic carbocycles. The molecule has 38 heavy (non-hydrogen) atoms. The molecule has 1 aromatic heterocycles. The largest absolute Gasteiger partial charge is 0.495 e. The van der Waals surface area contributed by atoms with E-state index in [2.05, 4.69) is 17.7 Å². The van der Waals surface area contributed by atoms with Gasteiger partial charge in [-0.2, -0.15) is 12.7 Å². The second kappa shape index (κ2) is 11.4. The Morgan fingerprint density at radius 1 is 1.18 bits per heavy atom. The van der Waals surface area contributed by atoms with Crippen LogP contribution in [0.4, 0.5) is 5.69 Å². The number of hydrogen-bond donors (Lipinski definition) is 2. The molecule has 0 bridgehead atoms. The first kappa shape index (κ1) is 27.1. The molecule has 2 heterocycles. The molecular weight excluding hydrogens is 522 g/mol. The third-order valence-corrected chi connectivity index (χ3v) is 11.0. The third kappa shape index (κ3) is 5.77. The van der Waals surface area contributed by atoms with Crippen LogP contribution in [0.3, 0.4) is 0 Å². The monoisotopic (exact) mass is 559 g/mol. The molecule has 1 fully saturated rings. The van der Waals surface area contributed by atoms with Crippen molar-refractivity contribution in [2.45, 2.75) is 77.8 Å². The zero-order valence-corrected chi connectivity index (χ0v) is 23.7. The van der Waals surface area contributed by atoms with E-state index in [1.54, 1.807) is 11.3 Å². The second-order valence-electron chi connectivity index (χ2n) is 10.8. The van der Waals surface area contributed by atoms with Crippen LogP contribution >= 0.6 is 11.3 Å². The highest BCUT2D eigenvalue weighted by Crippen LogP contribution is 2.43. The minimum Gasteiger partial charge on any atom is -0.495 e. The number of carboxylic acids is 1. The smallest absolute Gasteiger partial charge is 0.335 e. The molecule has 0 spiro atoms. The summed E-state index contributed by atoms with van der Waals surface area (Å²) in [5, 5.41) is 10.2. The Morgan fingerprint density at radius 2 is 1.97 bits per heavy atom. The van der Waals surface area contributed by atoms with Crippen LogP contribution in [-0.2, 0) is 23.3 Å². The van der Waals surface area contributed by atoms with E-state index in [-0.39, 0.29) is 30.1 Å². The quantitative estimate of drug-likeness (QED) is 0.373. The number of thiazole rings is 1. The average Bonchev–Trinajstić information content (AvgIpc) is 3.50. The molecule has 1 atom stereocenters. The van der Waals surface area contributed by atoms with E-state index in [1.165, 1.54) is 80.1 Å². The fraction of sp³-hybridized carbons (Fsp3) is 0.571. The number of carbonyl (C=O) groups is 1. The number of ether oxygens (including phenoxy) is 1. The molecule has 206 valence electrons. The number of allylic oxidation sites excluding steroid dienone is 2. The van der Waals surface area contributed by atoms with Gasteiger partial charge >= 0.3 is 16.2 Å². The maximum atomic E-state index is 13.1. The van der Waals surface area contributed by atoms with Crippen molar-refractivity contribution in [2.75, 3.05) is 11.8 Å². The van der Waals surface area contributed by atoms with Gasteiger partial charge in [-0.1, -0.05) is 38.7 Å². The molecular formula is C28H37N3O5S2. The highest BCUT2D eigenvalue weighted by atomic mass is 32.2. The van der Waals surface area contributed by atoms with Gasteiger partial charge in [-0.15, -0.1) is 11.3 Å². The Morgan fingerprint density at radius 3 is 2.61 bits per heavy atom. The summed E-state index contributed by atoms with van der Waals surface area (Å²) in [7, 11) is -2.50. The Bertz CT molecular complexity index is 1290. The van der Waals surface area contributed by atoms with Gasteiger partial charge in [0.1, 0.15) is 10.8 Å². The summed E-state index contributed by atoms with van der Waals surface area (Å²) in [6.45, 7) is 2.78. The van der Waals surface area contributed by atoms with Crippen LogP contribution in [0.5, 0.6) is 5.75 Å². The van der Waals surface area contributed by atoms with E-state index in [4.69, 9.17) is 9.72 Å². The topological polar surface area (TPSA) is 109 Å². The lowest BCUT2D eigenvalue weighted by Crippen LogP contribution is -2.31. The molecule has 1 aliphatic heterocycles. The third-order valence-electron chi connectivity index (χ3n) is 8.43. The van der Waals surface area contributed by atoms with Crippen molar-refractivity contribution in [3.05, 3.63) is 45.4 Å². The number of aromatic nitrogens is 1. The Hall–Kier alpha value is -2.43. The molecule has 1 saturated carbocycles. The van der Waals surface area contributed by atoms with Gasteiger partial charge in [0.2, 0.25) is 0 Å². The summed E-state index contributed by atoms with van der Waals surface area (Å²) in [5.41, 5.74) is 2.35. The number of nitrogens with zero attached hydrogens (tertiary/aromatic N) is 2. The van der Waals surface area contributed by atoms with Gasteiger partial charge in [-0.05, 0) is 73.6 Å². The molecule has 8 nitrogen and oxygen atoms in total. The summed E-state index contributed by atoms with van der Waals surface area (Å²) < 4.78 is 35.3. The summed E-state index contributed by atoms with van der Waals surface area (Å²) >= 11 is 1.61. The molecule has 2 aromatic rings.